The van der Waals surface area contributed by atoms with Gasteiger partial charge in [-0.1, -0.05) is 67.2 Å². The van der Waals surface area contributed by atoms with E-state index >= 15 is 0 Å². The largest absolute Gasteiger partial charge is 0.370 e. The van der Waals surface area contributed by atoms with E-state index < -0.39 is 13.9 Å². The number of aromatic nitrogens is 4. The molecule has 1 aliphatic rings. The Kier molecular flexibility index (Phi) is 5.33. The molecule has 1 saturated heterocycles. The number of nitrogens with zero attached hydrogens (tertiary/aromatic N) is 4. The van der Waals surface area contributed by atoms with Crippen LogP contribution in [0, 0.1) is 5.82 Å². The number of rotatable bonds is 4. The molecule has 1 unspecified atom stereocenters. The van der Waals surface area contributed by atoms with Gasteiger partial charge in [0.1, 0.15) is 23.1 Å². The van der Waals surface area contributed by atoms with Crippen molar-refractivity contribution in [2.24, 2.45) is 0 Å². The molecule has 5 nitrogen and oxygen atoms in total. The minimum atomic E-state index is -1.52. The molecule has 1 fully saturated rings. The highest BCUT2D eigenvalue weighted by atomic mass is 35.5. The van der Waals surface area contributed by atoms with E-state index in [9.17, 15) is 4.39 Å². The van der Waals surface area contributed by atoms with Crippen molar-refractivity contribution in [3.8, 4) is 11.1 Å². The molecule has 0 aliphatic carbocycles. The van der Waals surface area contributed by atoms with Gasteiger partial charge in [0.25, 0.3) is 5.78 Å². The average molecular weight is 438 g/mol. The van der Waals surface area contributed by atoms with Crippen LogP contribution in [0.3, 0.4) is 0 Å². The van der Waals surface area contributed by atoms with Gasteiger partial charge in [0.2, 0.25) is 0 Å². The first-order valence-electron chi connectivity index (χ1n) is 9.51. The molecule has 0 spiro atoms. The van der Waals surface area contributed by atoms with E-state index in [-0.39, 0.29) is 21.4 Å². The Hall–Kier alpha value is -1.70. The smallest absolute Gasteiger partial charge is 0.255 e. The summed E-state index contributed by atoms with van der Waals surface area (Å²) in [4.78, 5) is 8.45. The Morgan fingerprint density at radius 1 is 1.18 bits per heavy atom. The lowest BCUT2D eigenvalue weighted by Gasteiger charge is -2.38. The monoisotopic (exact) mass is 437 g/mol. The predicted octanol–water partition coefficient (Wildman–Crippen LogP) is 5.84. The molecule has 1 aliphatic heterocycles. The molecule has 28 heavy (non-hydrogen) atoms. The van der Waals surface area contributed by atoms with E-state index in [1.54, 1.807) is 16.6 Å². The number of hydrogen-bond donors (Lipinski definition) is 1. The molecule has 3 aromatic rings. The second-order valence-corrected chi connectivity index (χ2v) is 13.7. The van der Waals surface area contributed by atoms with Gasteiger partial charge in [-0.3, -0.25) is 0 Å². The first kappa shape index (κ1) is 19.6. The Labute approximate surface area is 174 Å². The predicted molar refractivity (Wildman–Crippen MR) is 114 cm³/mol. The quantitative estimate of drug-likeness (QED) is 0.411. The molecule has 0 radical (unpaired) electrons. The van der Waals surface area contributed by atoms with Gasteiger partial charge in [-0.25, -0.2) is 4.39 Å². The van der Waals surface area contributed by atoms with Crippen LogP contribution in [0.15, 0.2) is 24.5 Å². The summed E-state index contributed by atoms with van der Waals surface area (Å²) in [5.41, 5.74) is 0.898. The molecule has 148 valence electrons. The Bertz CT molecular complexity index is 999. The van der Waals surface area contributed by atoms with Crippen LogP contribution in [0.1, 0.15) is 26.2 Å². The molecule has 2 aromatic heterocycles. The van der Waals surface area contributed by atoms with Crippen LogP contribution in [0.25, 0.3) is 16.9 Å². The maximum absolute atomic E-state index is 14.8. The highest BCUT2D eigenvalue weighted by molar-refractivity contribution is 6.80. The average Bonchev–Trinajstić information content (AvgIpc) is 3.12. The van der Waals surface area contributed by atoms with Gasteiger partial charge in [-0.15, -0.1) is 0 Å². The van der Waals surface area contributed by atoms with Crippen molar-refractivity contribution in [3.63, 3.8) is 0 Å². The third-order valence-electron chi connectivity index (χ3n) is 5.99. The molecule has 9 heteroatoms. The number of nitrogens with one attached hydrogen (secondary N) is 1. The van der Waals surface area contributed by atoms with E-state index in [4.69, 9.17) is 23.2 Å². The molecule has 1 atom stereocenters. The van der Waals surface area contributed by atoms with E-state index in [0.717, 1.165) is 0 Å². The zero-order chi connectivity index (χ0) is 19.9. The Morgan fingerprint density at radius 3 is 2.64 bits per heavy atom. The lowest BCUT2D eigenvalue weighted by molar-refractivity contribution is 0.631. The van der Waals surface area contributed by atoms with E-state index in [1.165, 1.54) is 43.7 Å². The van der Waals surface area contributed by atoms with Gasteiger partial charge in [0, 0.05) is 11.2 Å². The number of hydrogen-bond acceptors (Lipinski definition) is 4. The summed E-state index contributed by atoms with van der Waals surface area (Å²) < 4.78 is 16.3. The molecule has 4 rings (SSSR count). The van der Waals surface area contributed by atoms with Crippen molar-refractivity contribution in [1.29, 1.82) is 0 Å². The fourth-order valence-corrected chi connectivity index (χ4v) is 8.31. The van der Waals surface area contributed by atoms with E-state index in [2.05, 4.69) is 33.9 Å². The van der Waals surface area contributed by atoms with Crippen LogP contribution in [0.2, 0.25) is 28.8 Å². The minimum absolute atomic E-state index is 0.151. The first-order valence-corrected chi connectivity index (χ1v) is 13.3. The van der Waals surface area contributed by atoms with E-state index in [1.807, 2.05) is 0 Å². The topological polar surface area (TPSA) is 55.1 Å². The van der Waals surface area contributed by atoms with Crippen LogP contribution in [0.5, 0.6) is 0 Å². The zero-order valence-corrected chi connectivity index (χ0v) is 18.4. The molecule has 0 bridgehead atoms. The summed E-state index contributed by atoms with van der Waals surface area (Å²) in [5, 5.41) is 8.34. The summed E-state index contributed by atoms with van der Waals surface area (Å²) in [6.45, 7) is 4.64. The summed E-state index contributed by atoms with van der Waals surface area (Å²) >= 11 is 12.9. The number of halogens is 3. The van der Waals surface area contributed by atoms with Crippen molar-refractivity contribution in [1.82, 2.24) is 19.6 Å². The van der Waals surface area contributed by atoms with Gasteiger partial charge in [0.15, 0.2) is 0 Å². The van der Waals surface area contributed by atoms with Crippen LogP contribution < -0.4 is 5.32 Å². The van der Waals surface area contributed by atoms with Gasteiger partial charge < -0.3 is 5.32 Å². The van der Waals surface area contributed by atoms with Crippen molar-refractivity contribution >= 4 is 42.9 Å². The molecule has 3 heterocycles. The normalized spacial score (nSPS) is 17.6. The summed E-state index contributed by atoms with van der Waals surface area (Å²) in [6.07, 6.45) is 5.27. The lowest BCUT2D eigenvalue weighted by Crippen LogP contribution is -2.48. The SMILES string of the molecule is CC(Nc1c(-c2c(F)cccc2Cl)c(Cl)nc2ncnn12)[Si]1(C)CCCCC1. The maximum Gasteiger partial charge on any atom is 0.255 e. The van der Waals surface area contributed by atoms with Gasteiger partial charge >= 0.3 is 0 Å². The van der Waals surface area contributed by atoms with Crippen LogP contribution in [-0.2, 0) is 0 Å². The number of benzene rings is 1. The van der Waals surface area contributed by atoms with Crippen molar-refractivity contribution < 1.29 is 4.39 Å². The number of anilines is 1. The molecule has 0 amide bonds. The van der Waals surface area contributed by atoms with Crippen molar-refractivity contribution in [3.05, 3.63) is 40.5 Å². The van der Waals surface area contributed by atoms with Crippen molar-refractivity contribution in [2.45, 2.75) is 50.5 Å². The fraction of sp³-hybridized carbons (Fsp3) is 0.421. The highest BCUT2D eigenvalue weighted by Crippen LogP contribution is 2.41. The van der Waals surface area contributed by atoms with Crippen LogP contribution in [-0.4, -0.2) is 33.3 Å². The molecule has 0 saturated carbocycles. The lowest BCUT2D eigenvalue weighted by atomic mass is 10.1. The maximum atomic E-state index is 14.8. The zero-order valence-electron chi connectivity index (χ0n) is 15.8. The third-order valence-corrected chi connectivity index (χ3v) is 11.8. The fourth-order valence-electron chi connectivity index (χ4n) is 4.08. The van der Waals surface area contributed by atoms with Gasteiger partial charge in [0.05, 0.1) is 18.7 Å². The van der Waals surface area contributed by atoms with Gasteiger partial charge in [-0.05, 0) is 19.1 Å². The number of fused-ring (bicyclic) bond motifs is 1. The Balaban J connectivity index is 1.88. The standard InChI is InChI=1S/C19H22Cl2FN5Si/c1-12(28(2)9-4-3-5-10-28)25-18-16(15-13(20)7-6-8-14(15)22)17(21)26-19-23-11-24-27(18)19/h6-8,11-12,25H,3-5,9-10H2,1-2H3. The second kappa shape index (κ2) is 7.61. The second-order valence-electron chi connectivity index (χ2n) is 7.78. The minimum Gasteiger partial charge on any atom is -0.370 e. The van der Waals surface area contributed by atoms with Crippen LogP contribution >= 0.6 is 23.2 Å². The van der Waals surface area contributed by atoms with Gasteiger partial charge in [-0.2, -0.15) is 19.6 Å². The van der Waals surface area contributed by atoms with Crippen molar-refractivity contribution in [2.75, 3.05) is 5.32 Å². The molecule has 1 N–H and O–H groups in total. The molecular formula is C19H22Cl2FN5Si. The summed E-state index contributed by atoms with van der Waals surface area (Å²) in [5.74, 6) is 0.505. The van der Waals surface area contributed by atoms with Crippen LogP contribution in [0.4, 0.5) is 10.2 Å². The third kappa shape index (κ3) is 3.40. The Morgan fingerprint density at radius 2 is 1.93 bits per heavy atom. The first-order chi connectivity index (χ1) is 13.4. The summed E-state index contributed by atoms with van der Waals surface area (Å²) in [7, 11) is -1.52. The molecule has 1 aromatic carbocycles. The molecular weight excluding hydrogens is 416 g/mol. The summed E-state index contributed by atoms with van der Waals surface area (Å²) in [6, 6.07) is 7.13. The highest BCUT2D eigenvalue weighted by Gasteiger charge is 2.36. The van der Waals surface area contributed by atoms with E-state index in [0.29, 0.717) is 17.2 Å².